The highest BCUT2D eigenvalue weighted by Crippen LogP contribution is 2.22. The van der Waals surface area contributed by atoms with Gasteiger partial charge in [-0.25, -0.2) is 9.59 Å². The van der Waals surface area contributed by atoms with Crippen LogP contribution in [0.5, 0.6) is 0 Å². The lowest BCUT2D eigenvalue weighted by molar-refractivity contribution is -0.298. The Balaban J connectivity index is 2.69. The second-order valence-corrected chi connectivity index (χ2v) is 6.20. The van der Waals surface area contributed by atoms with E-state index in [4.69, 9.17) is 19.3 Å². The summed E-state index contributed by atoms with van der Waals surface area (Å²) in [6.45, 7) is 2.46. The van der Waals surface area contributed by atoms with E-state index in [-0.39, 0.29) is 18.8 Å². The molecule has 1 saturated heterocycles. The van der Waals surface area contributed by atoms with Crippen LogP contribution in [0.2, 0.25) is 0 Å². The van der Waals surface area contributed by atoms with Crippen LogP contribution in [0.4, 0.5) is 0 Å². The summed E-state index contributed by atoms with van der Waals surface area (Å²) in [5.41, 5.74) is 0.822. The topological polar surface area (TPSA) is 152 Å². The monoisotopic (exact) mass is 404 g/mol. The average molecular weight is 404 g/mol. The number of carbonyl (C=O) groups excluding carboxylic acids is 2. The van der Waals surface area contributed by atoms with Crippen molar-refractivity contribution in [3.63, 3.8) is 0 Å². The van der Waals surface area contributed by atoms with Crippen molar-refractivity contribution in [1.29, 1.82) is 0 Å². The molecule has 0 aromatic rings. The fourth-order valence-corrected chi connectivity index (χ4v) is 2.27. The molecule has 1 aliphatic heterocycles. The molecule has 28 heavy (non-hydrogen) atoms. The van der Waals surface area contributed by atoms with Gasteiger partial charge in [0.1, 0.15) is 31.0 Å². The average Bonchev–Trinajstić information content (AvgIpc) is 2.69. The second-order valence-electron chi connectivity index (χ2n) is 6.20. The molecule has 1 fully saturated rings. The number of esters is 2. The minimum atomic E-state index is -1.57. The molecule has 1 heterocycles. The van der Waals surface area contributed by atoms with Gasteiger partial charge < -0.3 is 39.4 Å². The Morgan fingerprint density at radius 3 is 2.39 bits per heavy atom. The molecule has 5 atom stereocenters. The lowest BCUT2D eigenvalue weighted by Gasteiger charge is -2.39. The molecule has 0 spiro atoms. The van der Waals surface area contributed by atoms with E-state index < -0.39 is 49.3 Å². The molecule has 1 aliphatic rings. The summed E-state index contributed by atoms with van der Waals surface area (Å²) < 4.78 is 20.1. The number of ether oxygens (including phenoxy) is 4. The van der Waals surface area contributed by atoms with E-state index in [0.29, 0.717) is 6.42 Å². The predicted molar refractivity (Wildman–Crippen MR) is 94.8 cm³/mol. The van der Waals surface area contributed by atoms with Gasteiger partial charge >= 0.3 is 11.9 Å². The van der Waals surface area contributed by atoms with Crippen LogP contribution in [-0.2, 0) is 28.5 Å². The quantitative estimate of drug-likeness (QED) is 0.272. The molecule has 10 nitrogen and oxygen atoms in total. The molecule has 0 amide bonds. The van der Waals surface area contributed by atoms with Crippen molar-refractivity contribution in [3.8, 4) is 0 Å². The van der Waals surface area contributed by atoms with Gasteiger partial charge in [0.25, 0.3) is 0 Å². The highest BCUT2D eigenvalue weighted by molar-refractivity contribution is 5.89. The Morgan fingerprint density at radius 1 is 1.14 bits per heavy atom. The van der Waals surface area contributed by atoms with E-state index in [1.165, 1.54) is 12.2 Å². The first-order valence-electron chi connectivity index (χ1n) is 8.78. The van der Waals surface area contributed by atoms with Crippen LogP contribution in [0.1, 0.15) is 20.3 Å². The first kappa shape index (κ1) is 24.2. The molecule has 0 aliphatic carbocycles. The van der Waals surface area contributed by atoms with Gasteiger partial charge in [-0.2, -0.15) is 0 Å². The Morgan fingerprint density at radius 2 is 1.82 bits per heavy atom. The third-order valence-corrected chi connectivity index (χ3v) is 4.18. The molecular weight excluding hydrogens is 376 g/mol. The van der Waals surface area contributed by atoms with Crippen molar-refractivity contribution in [1.82, 2.24) is 0 Å². The Kier molecular flexibility index (Phi) is 10.3. The number of hydrogen-bond acceptors (Lipinski definition) is 10. The predicted octanol–water partition coefficient (Wildman–Crippen LogP) is -1.20. The maximum atomic E-state index is 11.8. The van der Waals surface area contributed by atoms with Crippen molar-refractivity contribution in [3.05, 3.63) is 23.3 Å². The van der Waals surface area contributed by atoms with Gasteiger partial charge in [-0.3, -0.25) is 0 Å². The Labute approximate surface area is 163 Å². The standard InChI is InChI=1S/C18H28O10/c1-4-10(2)7-13(20)27-9-11(17(24)25-3)5-6-26-18-16(23)15(22)14(21)12(8-19)28-18/h5,7,12,14-16,18-19,21-23H,4,6,8-9H2,1-3H3/b10-7+,11-5+/t12-,14-,15+,16-,18-/m1/s1. The summed E-state index contributed by atoms with van der Waals surface area (Å²) in [5, 5.41) is 38.5. The number of hydrogen-bond donors (Lipinski definition) is 4. The summed E-state index contributed by atoms with van der Waals surface area (Å²) in [5.74, 6) is -1.34. The number of methoxy groups -OCH3 is 1. The van der Waals surface area contributed by atoms with Crippen molar-refractivity contribution < 1.29 is 49.0 Å². The van der Waals surface area contributed by atoms with Crippen LogP contribution in [0.3, 0.4) is 0 Å². The molecule has 0 saturated carbocycles. The molecule has 10 heteroatoms. The van der Waals surface area contributed by atoms with E-state index in [1.807, 2.05) is 6.92 Å². The van der Waals surface area contributed by atoms with E-state index >= 15 is 0 Å². The molecule has 0 unspecified atom stereocenters. The van der Waals surface area contributed by atoms with Crippen LogP contribution in [0.15, 0.2) is 23.3 Å². The molecule has 0 radical (unpaired) electrons. The van der Waals surface area contributed by atoms with E-state index in [0.717, 1.165) is 12.7 Å². The minimum absolute atomic E-state index is 0.00277. The van der Waals surface area contributed by atoms with E-state index in [1.54, 1.807) is 6.92 Å². The summed E-state index contributed by atoms with van der Waals surface area (Å²) in [4.78, 5) is 23.5. The van der Waals surface area contributed by atoms with Crippen LogP contribution >= 0.6 is 0 Å². The maximum absolute atomic E-state index is 11.8. The smallest absolute Gasteiger partial charge is 0.336 e. The molecule has 0 aromatic carbocycles. The fourth-order valence-electron chi connectivity index (χ4n) is 2.27. The maximum Gasteiger partial charge on any atom is 0.336 e. The van der Waals surface area contributed by atoms with Crippen LogP contribution in [0.25, 0.3) is 0 Å². The van der Waals surface area contributed by atoms with Crippen LogP contribution in [-0.4, -0.2) is 90.0 Å². The first-order chi connectivity index (χ1) is 13.2. The zero-order valence-corrected chi connectivity index (χ0v) is 16.1. The Hall–Kier alpha value is -1.82. The first-order valence-corrected chi connectivity index (χ1v) is 8.78. The number of carbonyl (C=O) groups is 2. The zero-order valence-electron chi connectivity index (χ0n) is 16.1. The second kappa shape index (κ2) is 11.9. The van der Waals surface area contributed by atoms with Gasteiger partial charge in [-0.1, -0.05) is 12.5 Å². The van der Waals surface area contributed by atoms with Crippen molar-refractivity contribution in [2.24, 2.45) is 0 Å². The normalized spacial score (nSPS) is 28.8. The van der Waals surface area contributed by atoms with Crippen LogP contribution in [0, 0.1) is 0 Å². The van der Waals surface area contributed by atoms with Gasteiger partial charge in [0, 0.05) is 6.08 Å². The van der Waals surface area contributed by atoms with E-state index in [9.17, 15) is 24.9 Å². The molecule has 0 aromatic heterocycles. The molecule has 160 valence electrons. The van der Waals surface area contributed by atoms with Crippen LogP contribution < -0.4 is 0 Å². The lowest BCUT2D eigenvalue weighted by atomic mass is 9.99. The lowest BCUT2D eigenvalue weighted by Crippen LogP contribution is -2.59. The zero-order chi connectivity index (χ0) is 21.3. The number of rotatable bonds is 9. The highest BCUT2D eigenvalue weighted by atomic mass is 16.7. The number of aliphatic hydroxyl groups is 4. The molecule has 1 rings (SSSR count). The highest BCUT2D eigenvalue weighted by Gasteiger charge is 2.43. The van der Waals surface area contributed by atoms with Gasteiger partial charge in [0.2, 0.25) is 0 Å². The summed E-state index contributed by atoms with van der Waals surface area (Å²) >= 11 is 0. The van der Waals surface area contributed by atoms with Gasteiger partial charge in [0.15, 0.2) is 6.29 Å². The molecule has 4 N–H and O–H groups in total. The van der Waals surface area contributed by atoms with Gasteiger partial charge in [0.05, 0.1) is 25.9 Å². The van der Waals surface area contributed by atoms with Crippen molar-refractivity contribution in [2.75, 3.05) is 26.9 Å². The van der Waals surface area contributed by atoms with Crippen molar-refractivity contribution in [2.45, 2.75) is 51.0 Å². The third-order valence-electron chi connectivity index (χ3n) is 4.18. The summed E-state index contributed by atoms with van der Waals surface area (Å²) in [6.07, 6.45) is -3.81. The summed E-state index contributed by atoms with van der Waals surface area (Å²) in [6, 6.07) is 0. The van der Waals surface area contributed by atoms with E-state index in [2.05, 4.69) is 4.74 Å². The largest absolute Gasteiger partial charge is 0.466 e. The molecular formula is C18H28O10. The SMILES string of the molecule is CC/C(C)=C/C(=O)OC/C(=C\CO[C@@H]1O[C@H](CO)[C@@H](O)[C@H](O)[C@H]1O)C(=O)OC. The summed E-state index contributed by atoms with van der Waals surface area (Å²) in [7, 11) is 1.16. The molecule has 0 bridgehead atoms. The minimum Gasteiger partial charge on any atom is -0.466 e. The van der Waals surface area contributed by atoms with Crippen molar-refractivity contribution >= 4 is 11.9 Å². The number of allylic oxidation sites excluding steroid dienone is 1. The third kappa shape index (κ3) is 6.97. The fraction of sp³-hybridized carbons (Fsp3) is 0.667. The number of aliphatic hydroxyl groups excluding tert-OH is 4. The van der Waals surface area contributed by atoms with Gasteiger partial charge in [-0.05, 0) is 19.4 Å². The Bertz CT molecular complexity index is 583. The van der Waals surface area contributed by atoms with Gasteiger partial charge in [-0.15, -0.1) is 0 Å².